The number of amides is 2. The number of hydrogen-bond acceptors (Lipinski definition) is 4. The van der Waals surface area contributed by atoms with Gasteiger partial charge in [0.25, 0.3) is 11.6 Å². The fraction of sp³-hybridized carbons (Fsp3) is 0.438. The molecular formula is C16H14Cl2F3N5O2. The highest BCUT2D eigenvalue weighted by molar-refractivity contribution is 6.42. The summed E-state index contributed by atoms with van der Waals surface area (Å²) >= 11 is 11.9. The van der Waals surface area contributed by atoms with E-state index in [-0.39, 0.29) is 27.0 Å². The number of aromatic nitrogens is 2. The molecule has 2 aliphatic heterocycles. The molecule has 2 aromatic rings. The van der Waals surface area contributed by atoms with Crippen LogP contribution in [0.25, 0.3) is 11.0 Å². The van der Waals surface area contributed by atoms with Gasteiger partial charge in [0.2, 0.25) is 11.9 Å². The van der Waals surface area contributed by atoms with E-state index in [1.807, 2.05) is 5.32 Å². The molecule has 150 valence electrons. The number of nitrogens with zero attached hydrogens (tertiary/aromatic N) is 2. The fourth-order valence-electron chi connectivity index (χ4n) is 3.59. The van der Waals surface area contributed by atoms with E-state index in [0.29, 0.717) is 30.5 Å². The summed E-state index contributed by atoms with van der Waals surface area (Å²) in [5.41, 5.74) is -3.30. The Labute approximate surface area is 166 Å². The standard InChI is InChI=1S/C16H14Cl2F3N5O2/c17-8-5-10-11(6-9(8)18)26-14(23-10)24-13(28)15(26,16(19,20)21)25-12(27)7-1-3-22-4-2-7/h5-7,22H,1-4H2,(H,25,27)(H,23,24,28). The van der Waals surface area contributed by atoms with Crippen LogP contribution in [0.5, 0.6) is 0 Å². The molecule has 12 heteroatoms. The van der Waals surface area contributed by atoms with Gasteiger partial charge < -0.3 is 10.6 Å². The van der Waals surface area contributed by atoms with E-state index in [0.717, 1.165) is 0 Å². The van der Waals surface area contributed by atoms with Crippen LogP contribution in [-0.4, -0.2) is 40.6 Å². The number of piperidine rings is 1. The van der Waals surface area contributed by atoms with Crippen LogP contribution < -0.4 is 16.0 Å². The molecule has 7 nitrogen and oxygen atoms in total. The third kappa shape index (κ3) is 2.73. The second-order valence-electron chi connectivity index (χ2n) is 6.70. The normalized spacial score (nSPS) is 23.0. The van der Waals surface area contributed by atoms with E-state index in [9.17, 15) is 22.8 Å². The first-order chi connectivity index (χ1) is 13.1. The fourth-order valence-corrected chi connectivity index (χ4v) is 3.91. The van der Waals surface area contributed by atoms with Crippen molar-refractivity contribution in [1.29, 1.82) is 0 Å². The number of nitrogens with one attached hydrogen (secondary N) is 3. The predicted octanol–water partition coefficient (Wildman–Crippen LogP) is 2.63. The number of alkyl halides is 3. The Balaban J connectivity index is 1.87. The van der Waals surface area contributed by atoms with E-state index in [4.69, 9.17) is 23.2 Å². The van der Waals surface area contributed by atoms with Crippen molar-refractivity contribution >= 4 is 52.0 Å². The van der Waals surface area contributed by atoms with Crippen LogP contribution in [0.3, 0.4) is 0 Å². The summed E-state index contributed by atoms with van der Waals surface area (Å²) < 4.78 is 43.4. The number of anilines is 1. The van der Waals surface area contributed by atoms with Gasteiger partial charge in [-0.3, -0.25) is 19.5 Å². The van der Waals surface area contributed by atoms with Gasteiger partial charge in [-0.1, -0.05) is 23.2 Å². The quantitative estimate of drug-likeness (QED) is 0.676. The minimum absolute atomic E-state index is 0.00280. The van der Waals surface area contributed by atoms with E-state index in [1.165, 1.54) is 12.1 Å². The summed E-state index contributed by atoms with van der Waals surface area (Å²) in [6.07, 6.45) is -4.38. The van der Waals surface area contributed by atoms with Crippen LogP contribution in [0.1, 0.15) is 12.8 Å². The Bertz CT molecular complexity index is 987. The molecule has 0 bridgehead atoms. The summed E-state index contributed by atoms with van der Waals surface area (Å²) in [5, 5.41) is 7.21. The molecular weight excluding hydrogens is 422 g/mol. The Morgan fingerprint density at radius 1 is 1.25 bits per heavy atom. The van der Waals surface area contributed by atoms with Crippen LogP contribution in [0.2, 0.25) is 10.0 Å². The molecule has 0 saturated carbocycles. The monoisotopic (exact) mass is 435 g/mol. The van der Waals surface area contributed by atoms with Crippen LogP contribution in [-0.2, 0) is 15.3 Å². The molecule has 0 radical (unpaired) electrons. The largest absolute Gasteiger partial charge is 0.440 e. The lowest BCUT2D eigenvalue weighted by molar-refractivity contribution is -0.218. The Kier molecular flexibility index (Phi) is 4.48. The first kappa shape index (κ1) is 19.3. The summed E-state index contributed by atoms with van der Waals surface area (Å²) in [6.45, 7) is 1.02. The molecule has 0 aliphatic carbocycles. The van der Waals surface area contributed by atoms with E-state index in [2.05, 4.69) is 15.6 Å². The van der Waals surface area contributed by atoms with E-state index >= 15 is 0 Å². The van der Waals surface area contributed by atoms with Crippen molar-refractivity contribution in [2.24, 2.45) is 5.92 Å². The number of carbonyl (C=O) groups is 2. The van der Waals surface area contributed by atoms with E-state index < -0.39 is 29.6 Å². The molecule has 1 fully saturated rings. The Hall–Kier alpha value is -2.04. The molecule has 2 aliphatic rings. The summed E-state index contributed by atoms with van der Waals surface area (Å²) in [5.74, 6) is -3.26. The summed E-state index contributed by atoms with van der Waals surface area (Å²) in [7, 11) is 0. The first-order valence-electron chi connectivity index (χ1n) is 8.44. The van der Waals surface area contributed by atoms with Crippen LogP contribution in [0.15, 0.2) is 12.1 Å². The first-order valence-corrected chi connectivity index (χ1v) is 9.19. The van der Waals surface area contributed by atoms with Crippen LogP contribution in [0.4, 0.5) is 19.1 Å². The van der Waals surface area contributed by atoms with Crippen LogP contribution >= 0.6 is 23.2 Å². The summed E-state index contributed by atoms with van der Waals surface area (Å²) in [4.78, 5) is 29.1. The number of carbonyl (C=O) groups excluding carboxylic acids is 2. The van der Waals surface area contributed by atoms with Crippen molar-refractivity contribution in [3.05, 3.63) is 22.2 Å². The average molecular weight is 436 g/mol. The van der Waals surface area contributed by atoms with Crippen molar-refractivity contribution in [1.82, 2.24) is 20.2 Å². The number of fused-ring (bicyclic) bond motifs is 3. The zero-order chi connectivity index (χ0) is 20.3. The molecule has 1 atom stereocenters. The molecule has 0 spiro atoms. The van der Waals surface area contributed by atoms with Gasteiger partial charge in [0, 0.05) is 5.92 Å². The maximum absolute atomic E-state index is 14.3. The number of benzene rings is 1. The number of halogens is 5. The van der Waals surface area contributed by atoms with Gasteiger partial charge in [-0.05, 0) is 38.1 Å². The lowest BCUT2D eigenvalue weighted by Crippen LogP contribution is -2.64. The van der Waals surface area contributed by atoms with Crippen molar-refractivity contribution in [2.45, 2.75) is 24.7 Å². The minimum Gasteiger partial charge on any atom is -0.317 e. The SMILES string of the molecule is O=C(NC1(C(F)(F)F)C(=O)Nc2nc3cc(Cl)c(Cl)cc3n21)C1CCNCC1. The zero-order valence-corrected chi connectivity index (χ0v) is 15.7. The van der Waals surface area contributed by atoms with E-state index in [1.54, 1.807) is 0 Å². The summed E-state index contributed by atoms with van der Waals surface area (Å²) in [6, 6.07) is 2.49. The topological polar surface area (TPSA) is 88.1 Å². The maximum atomic E-state index is 14.3. The number of rotatable bonds is 2. The molecule has 1 aromatic carbocycles. The second kappa shape index (κ2) is 6.50. The van der Waals surface area contributed by atoms with Gasteiger partial charge in [-0.25, -0.2) is 4.98 Å². The molecule has 1 saturated heterocycles. The van der Waals surface area contributed by atoms with Crippen molar-refractivity contribution in [2.75, 3.05) is 18.4 Å². The highest BCUT2D eigenvalue weighted by atomic mass is 35.5. The smallest absolute Gasteiger partial charge is 0.317 e. The van der Waals surface area contributed by atoms with Gasteiger partial charge in [-0.2, -0.15) is 13.2 Å². The molecule has 1 unspecified atom stereocenters. The maximum Gasteiger partial charge on any atom is 0.440 e. The van der Waals surface area contributed by atoms with Crippen molar-refractivity contribution < 1.29 is 22.8 Å². The molecule has 3 N–H and O–H groups in total. The molecule has 28 heavy (non-hydrogen) atoms. The van der Waals surface area contributed by atoms with Gasteiger partial charge in [0.05, 0.1) is 21.1 Å². The Morgan fingerprint density at radius 3 is 2.54 bits per heavy atom. The molecule has 4 rings (SSSR count). The van der Waals surface area contributed by atoms with Gasteiger partial charge in [0.15, 0.2) is 0 Å². The third-order valence-corrected chi connectivity index (χ3v) is 5.73. The zero-order valence-electron chi connectivity index (χ0n) is 14.2. The Morgan fingerprint density at radius 2 is 1.89 bits per heavy atom. The lowest BCUT2D eigenvalue weighted by atomic mass is 9.96. The average Bonchev–Trinajstić information content (AvgIpc) is 3.10. The van der Waals surface area contributed by atoms with Crippen molar-refractivity contribution in [3.8, 4) is 0 Å². The number of hydrogen-bond donors (Lipinski definition) is 3. The van der Waals surface area contributed by atoms with Crippen molar-refractivity contribution in [3.63, 3.8) is 0 Å². The van der Waals surface area contributed by atoms with Gasteiger partial charge in [-0.15, -0.1) is 0 Å². The lowest BCUT2D eigenvalue weighted by Gasteiger charge is -2.34. The predicted molar refractivity (Wildman–Crippen MR) is 96.1 cm³/mol. The third-order valence-electron chi connectivity index (χ3n) is 5.01. The minimum atomic E-state index is -5.13. The molecule has 3 heterocycles. The highest BCUT2D eigenvalue weighted by Crippen LogP contribution is 2.45. The molecule has 1 aromatic heterocycles. The van der Waals surface area contributed by atoms with Crippen LogP contribution in [0, 0.1) is 5.92 Å². The van der Waals surface area contributed by atoms with Gasteiger partial charge >= 0.3 is 6.18 Å². The van der Waals surface area contributed by atoms with Gasteiger partial charge in [0.1, 0.15) is 0 Å². The number of imidazole rings is 1. The second-order valence-corrected chi connectivity index (χ2v) is 7.52. The highest BCUT2D eigenvalue weighted by Gasteiger charge is 2.68. The molecule has 2 amide bonds.